The first-order valence-corrected chi connectivity index (χ1v) is 10.5. The second kappa shape index (κ2) is 6.38. The molecule has 8 heteroatoms. The summed E-state index contributed by atoms with van der Waals surface area (Å²) in [5.74, 6) is -1.58. The number of hydrogen-bond acceptors (Lipinski definition) is 8. The van der Waals surface area contributed by atoms with E-state index in [1.807, 2.05) is 13.8 Å². The molecule has 2 heterocycles. The van der Waals surface area contributed by atoms with Crippen LogP contribution in [0.25, 0.3) is 0 Å². The summed E-state index contributed by atoms with van der Waals surface area (Å²) < 4.78 is 22.4. The zero-order valence-corrected chi connectivity index (χ0v) is 17.9. The largest absolute Gasteiger partial charge is 0.460 e. The van der Waals surface area contributed by atoms with Crippen LogP contribution < -0.4 is 0 Å². The van der Waals surface area contributed by atoms with Crippen LogP contribution in [0.1, 0.15) is 66.5 Å². The maximum atomic E-state index is 13.7. The molecule has 0 radical (unpaired) electrons. The number of esters is 2. The van der Waals surface area contributed by atoms with Gasteiger partial charge in [0.05, 0.1) is 12.0 Å². The number of rotatable bonds is 3. The number of ketones is 2. The smallest absolute Gasteiger partial charge is 0.342 e. The van der Waals surface area contributed by atoms with Gasteiger partial charge in [-0.1, -0.05) is 6.92 Å². The van der Waals surface area contributed by atoms with E-state index in [1.165, 1.54) is 20.3 Å². The van der Waals surface area contributed by atoms with Crippen LogP contribution in [-0.4, -0.2) is 49.4 Å². The molecule has 0 bridgehead atoms. The number of Topliss-reactive ketones (excluding diaryl/α,β-unsaturated/α-hetero) is 2. The zero-order chi connectivity index (χ0) is 22.3. The highest BCUT2D eigenvalue weighted by atomic mass is 16.6. The molecule has 1 aromatic heterocycles. The summed E-state index contributed by atoms with van der Waals surface area (Å²) in [5, 5.41) is 0. The number of methoxy groups -OCH3 is 1. The van der Waals surface area contributed by atoms with Crippen molar-refractivity contribution in [2.45, 2.75) is 57.7 Å². The zero-order valence-electron chi connectivity index (χ0n) is 17.9. The van der Waals surface area contributed by atoms with E-state index in [-0.39, 0.29) is 41.8 Å². The van der Waals surface area contributed by atoms with Crippen LogP contribution >= 0.6 is 0 Å². The van der Waals surface area contributed by atoms with Crippen LogP contribution in [0.2, 0.25) is 0 Å². The Labute approximate surface area is 178 Å². The van der Waals surface area contributed by atoms with Gasteiger partial charge in [0, 0.05) is 49.3 Å². The van der Waals surface area contributed by atoms with Crippen molar-refractivity contribution in [1.29, 1.82) is 0 Å². The van der Waals surface area contributed by atoms with E-state index >= 15 is 0 Å². The van der Waals surface area contributed by atoms with Crippen molar-refractivity contribution in [1.82, 2.24) is 0 Å². The molecule has 0 aromatic carbocycles. The molecule has 1 saturated carbocycles. The third-order valence-corrected chi connectivity index (χ3v) is 7.70. The highest BCUT2D eigenvalue weighted by molar-refractivity contribution is 6.14. The first-order valence-electron chi connectivity index (χ1n) is 10.5. The molecule has 4 aliphatic rings. The molecule has 0 amide bonds. The number of cyclic esters (lactones) is 1. The van der Waals surface area contributed by atoms with Crippen molar-refractivity contribution in [3.05, 3.63) is 34.3 Å². The van der Waals surface area contributed by atoms with E-state index in [0.717, 1.165) is 0 Å². The van der Waals surface area contributed by atoms with Gasteiger partial charge in [-0.05, 0) is 18.9 Å². The summed E-state index contributed by atoms with van der Waals surface area (Å²) in [6.45, 7) is 5.11. The molecule has 0 saturated heterocycles. The molecule has 1 fully saturated rings. The maximum absolute atomic E-state index is 13.7. The highest BCUT2D eigenvalue weighted by Crippen LogP contribution is 2.61. The van der Waals surface area contributed by atoms with Crippen LogP contribution in [0.5, 0.6) is 0 Å². The molecule has 5 atom stereocenters. The fraction of sp³-hybridized carbons (Fsp3) is 0.565. The first-order chi connectivity index (χ1) is 14.6. The minimum absolute atomic E-state index is 0.0635. The summed E-state index contributed by atoms with van der Waals surface area (Å²) in [6.07, 6.45) is 0.906. The SMILES string of the molecule is COCC1OC(=O)c2coc3c2[C@@]1(C)C1=C(C3=O)[C@@H]2CCC(=O)[C@@]2(C)CC1OC(C)=O. The van der Waals surface area contributed by atoms with Crippen molar-refractivity contribution < 1.29 is 37.8 Å². The second-order valence-electron chi connectivity index (χ2n) is 9.30. The Kier molecular flexibility index (Phi) is 4.16. The van der Waals surface area contributed by atoms with Crippen molar-refractivity contribution in [2.75, 3.05) is 13.7 Å². The fourth-order valence-electron chi connectivity index (χ4n) is 6.28. The molecule has 164 valence electrons. The van der Waals surface area contributed by atoms with Gasteiger partial charge in [0.2, 0.25) is 5.78 Å². The topological polar surface area (TPSA) is 109 Å². The molecular weight excluding hydrogens is 404 g/mol. The number of carbonyl (C=O) groups is 4. The van der Waals surface area contributed by atoms with Gasteiger partial charge in [0.25, 0.3) is 0 Å². The summed E-state index contributed by atoms with van der Waals surface area (Å²) in [7, 11) is 1.50. The van der Waals surface area contributed by atoms with Crippen LogP contribution in [-0.2, 0) is 29.2 Å². The predicted octanol–water partition coefficient (Wildman–Crippen LogP) is 2.54. The Hall–Kier alpha value is -2.74. The van der Waals surface area contributed by atoms with Crippen LogP contribution in [0.3, 0.4) is 0 Å². The molecule has 1 aliphatic heterocycles. The van der Waals surface area contributed by atoms with Crippen LogP contribution in [0.15, 0.2) is 21.8 Å². The van der Waals surface area contributed by atoms with E-state index in [4.69, 9.17) is 18.6 Å². The first kappa shape index (κ1) is 20.2. The summed E-state index contributed by atoms with van der Waals surface area (Å²) in [5.41, 5.74) is -0.0741. The van der Waals surface area contributed by atoms with Gasteiger partial charge in [0.1, 0.15) is 29.8 Å². The number of hydrogen-bond donors (Lipinski definition) is 0. The lowest BCUT2D eigenvalue weighted by molar-refractivity contribution is -0.149. The Morgan fingerprint density at radius 1 is 1.26 bits per heavy atom. The lowest BCUT2D eigenvalue weighted by Crippen LogP contribution is -2.57. The molecular formula is C23H24O8. The third-order valence-electron chi connectivity index (χ3n) is 7.70. The molecule has 5 rings (SSSR count). The Morgan fingerprint density at radius 3 is 2.68 bits per heavy atom. The summed E-state index contributed by atoms with van der Waals surface area (Å²) >= 11 is 0. The lowest BCUT2D eigenvalue weighted by atomic mass is 9.54. The lowest BCUT2D eigenvalue weighted by Gasteiger charge is -2.51. The summed E-state index contributed by atoms with van der Waals surface area (Å²) in [4.78, 5) is 51.2. The molecule has 0 N–H and O–H groups in total. The van der Waals surface area contributed by atoms with Gasteiger partial charge < -0.3 is 18.6 Å². The van der Waals surface area contributed by atoms with Crippen molar-refractivity contribution in [2.24, 2.45) is 11.3 Å². The van der Waals surface area contributed by atoms with E-state index < -0.39 is 35.0 Å². The Bertz CT molecular complexity index is 1080. The van der Waals surface area contributed by atoms with Crippen molar-refractivity contribution in [3.63, 3.8) is 0 Å². The number of carbonyl (C=O) groups excluding carboxylic acids is 4. The van der Waals surface area contributed by atoms with Crippen molar-refractivity contribution in [3.8, 4) is 0 Å². The number of allylic oxidation sites excluding steroid dienone is 1. The number of fused-ring (bicyclic) bond motifs is 3. The monoisotopic (exact) mass is 428 g/mol. The number of ether oxygens (including phenoxy) is 3. The van der Waals surface area contributed by atoms with E-state index in [0.29, 0.717) is 29.6 Å². The van der Waals surface area contributed by atoms with Gasteiger partial charge in [-0.15, -0.1) is 0 Å². The third kappa shape index (κ3) is 2.39. The highest BCUT2D eigenvalue weighted by Gasteiger charge is 2.64. The van der Waals surface area contributed by atoms with Crippen molar-refractivity contribution >= 4 is 23.5 Å². The molecule has 1 aromatic rings. The van der Waals surface area contributed by atoms with Crippen LogP contribution in [0, 0.1) is 11.3 Å². The van der Waals surface area contributed by atoms with Gasteiger partial charge in [-0.3, -0.25) is 14.4 Å². The Balaban J connectivity index is 1.82. The second-order valence-corrected chi connectivity index (χ2v) is 9.30. The molecule has 0 spiro atoms. The summed E-state index contributed by atoms with van der Waals surface area (Å²) in [6, 6.07) is 0. The minimum atomic E-state index is -0.988. The number of furan rings is 1. The van der Waals surface area contributed by atoms with Crippen LogP contribution in [0.4, 0.5) is 0 Å². The van der Waals surface area contributed by atoms with Gasteiger partial charge in [-0.2, -0.15) is 0 Å². The Morgan fingerprint density at radius 2 is 2.00 bits per heavy atom. The average molecular weight is 428 g/mol. The molecule has 3 aliphatic carbocycles. The quantitative estimate of drug-likeness (QED) is 0.676. The average Bonchev–Trinajstić information content (AvgIpc) is 3.27. The minimum Gasteiger partial charge on any atom is -0.460 e. The van der Waals surface area contributed by atoms with Gasteiger partial charge in [-0.25, -0.2) is 4.79 Å². The van der Waals surface area contributed by atoms with E-state index in [1.54, 1.807) is 0 Å². The normalized spacial score (nSPS) is 36.0. The fourth-order valence-corrected chi connectivity index (χ4v) is 6.28. The maximum Gasteiger partial charge on any atom is 0.342 e. The van der Waals surface area contributed by atoms with E-state index in [9.17, 15) is 19.2 Å². The standard InChI is InChI=1S/C23H24O8/c1-10(24)30-13-7-22(2)12(5-6-14(22)25)16-18(13)23(3)15(9-28-4)31-21(27)11-8-29-20(17(11)23)19(16)26/h8,12-13,15H,5-7,9H2,1-4H3/t12-,13?,15?,22-,23-/m0/s1. The molecule has 8 nitrogen and oxygen atoms in total. The van der Waals surface area contributed by atoms with Gasteiger partial charge in [0.15, 0.2) is 5.76 Å². The van der Waals surface area contributed by atoms with Gasteiger partial charge >= 0.3 is 11.9 Å². The predicted molar refractivity (Wildman–Crippen MR) is 105 cm³/mol. The van der Waals surface area contributed by atoms with E-state index in [2.05, 4.69) is 0 Å². The molecule has 31 heavy (non-hydrogen) atoms. The molecule has 2 unspecified atom stereocenters.